The molecule has 2 rings (SSSR count). The van der Waals surface area contributed by atoms with Gasteiger partial charge in [0.05, 0.1) is 5.56 Å². The number of anilines is 1. The molecule has 4 nitrogen and oxygen atoms in total. The number of carbonyl (C=O) groups excluding carboxylic acids is 1. The fourth-order valence-electron chi connectivity index (χ4n) is 2.23. The predicted molar refractivity (Wildman–Crippen MR) is 84.1 cm³/mol. The van der Waals surface area contributed by atoms with E-state index in [4.69, 9.17) is 5.73 Å². The molecule has 0 bridgehead atoms. The Morgan fingerprint density at radius 2 is 2.00 bits per heavy atom. The molecule has 0 aromatic heterocycles. The zero-order chi connectivity index (χ0) is 15.4. The Morgan fingerprint density at radius 3 is 2.62 bits per heavy atom. The highest BCUT2D eigenvalue weighted by atomic mass is 16.3. The van der Waals surface area contributed by atoms with Gasteiger partial charge in [-0.15, -0.1) is 0 Å². The Kier molecular flexibility index (Phi) is 4.48. The van der Waals surface area contributed by atoms with Crippen molar-refractivity contribution in [1.29, 1.82) is 0 Å². The van der Waals surface area contributed by atoms with Gasteiger partial charge in [0.25, 0.3) is 5.91 Å². The highest BCUT2D eigenvalue weighted by Gasteiger charge is 2.18. The highest BCUT2D eigenvalue weighted by Crippen LogP contribution is 2.21. The van der Waals surface area contributed by atoms with Crippen LogP contribution in [0.1, 0.15) is 28.4 Å². The number of nitrogen functional groups attached to an aromatic ring is 1. The molecular weight excluding hydrogens is 264 g/mol. The molecule has 0 saturated heterocycles. The van der Waals surface area contributed by atoms with E-state index in [1.165, 1.54) is 0 Å². The van der Waals surface area contributed by atoms with Crippen LogP contribution in [0.5, 0.6) is 5.75 Å². The van der Waals surface area contributed by atoms with E-state index in [0.717, 1.165) is 11.1 Å². The zero-order valence-corrected chi connectivity index (χ0v) is 12.3. The number of benzene rings is 2. The second kappa shape index (κ2) is 6.31. The third-order valence-corrected chi connectivity index (χ3v) is 3.38. The van der Waals surface area contributed by atoms with Gasteiger partial charge in [0, 0.05) is 18.8 Å². The van der Waals surface area contributed by atoms with Crippen molar-refractivity contribution in [2.24, 2.45) is 0 Å². The third kappa shape index (κ3) is 3.54. The van der Waals surface area contributed by atoms with E-state index in [-0.39, 0.29) is 11.7 Å². The van der Waals surface area contributed by atoms with Crippen molar-refractivity contribution < 1.29 is 9.90 Å². The monoisotopic (exact) mass is 284 g/mol. The van der Waals surface area contributed by atoms with Crippen LogP contribution >= 0.6 is 0 Å². The topological polar surface area (TPSA) is 66.6 Å². The second-order valence-corrected chi connectivity index (χ2v) is 5.08. The predicted octanol–water partition coefficient (Wildman–Crippen LogP) is 2.95. The number of hydrogen-bond donors (Lipinski definition) is 2. The maximum Gasteiger partial charge on any atom is 0.257 e. The molecule has 0 saturated carbocycles. The van der Waals surface area contributed by atoms with Crippen LogP contribution in [0.15, 0.2) is 42.5 Å². The molecule has 0 fully saturated rings. The fraction of sp³-hybridized carbons (Fsp3) is 0.235. The first-order valence-electron chi connectivity index (χ1n) is 6.94. The van der Waals surface area contributed by atoms with Crippen molar-refractivity contribution in [2.45, 2.75) is 20.4 Å². The van der Waals surface area contributed by atoms with Gasteiger partial charge in [-0.05, 0) is 49.2 Å². The van der Waals surface area contributed by atoms with Crippen LogP contribution in [0.25, 0.3) is 0 Å². The number of rotatable bonds is 4. The summed E-state index contributed by atoms with van der Waals surface area (Å²) in [6.07, 6.45) is 0. The highest BCUT2D eigenvalue weighted by molar-refractivity contribution is 5.96. The summed E-state index contributed by atoms with van der Waals surface area (Å²) >= 11 is 0. The van der Waals surface area contributed by atoms with Crippen LogP contribution in [0, 0.1) is 6.92 Å². The van der Waals surface area contributed by atoms with Crippen molar-refractivity contribution in [3.8, 4) is 5.75 Å². The SMILES string of the molecule is CCN(Cc1cccc(N)c1)C(=O)c1ccc(C)cc1O. The van der Waals surface area contributed by atoms with E-state index < -0.39 is 0 Å². The summed E-state index contributed by atoms with van der Waals surface area (Å²) in [7, 11) is 0. The van der Waals surface area contributed by atoms with Crippen molar-refractivity contribution in [3.05, 3.63) is 59.2 Å². The van der Waals surface area contributed by atoms with E-state index in [1.54, 1.807) is 17.0 Å². The molecule has 0 heterocycles. The Bertz CT molecular complexity index is 653. The maximum atomic E-state index is 12.5. The Morgan fingerprint density at radius 1 is 1.24 bits per heavy atom. The quantitative estimate of drug-likeness (QED) is 0.848. The molecule has 0 aliphatic heterocycles. The number of aryl methyl sites for hydroxylation is 1. The lowest BCUT2D eigenvalue weighted by molar-refractivity contribution is 0.0749. The van der Waals surface area contributed by atoms with Gasteiger partial charge >= 0.3 is 0 Å². The fourth-order valence-corrected chi connectivity index (χ4v) is 2.23. The lowest BCUT2D eigenvalue weighted by Crippen LogP contribution is -2.30. The summed E-state index contributed by atoms with van der Waals surface area (Å²) in [5, 5.41) is 9.95. The van der Waals surface area contributed by atoms with E-state index in [9.17, 15) is 9.90 Å². The van der Waals surface area contributed by atoms with Crippen LogP contribution in [-0.4, -0.2) is 22.5 Å². The molecule has 0 radical (unpaired) electrons. The average molecular weight is 284 g/mol. The van der Waals surface area contributed by atoms with Gasteiger partial charge in [-0.3, -0.25) is 4.79 Å². The average Bonchev–Trinajstić information content (AvgIpc) is 2.44. The van der Waals surface area contributed by atoms with E-state index in [2.05, 4.69) is 0 Å². The third-order valence-electron chi connectivity index (χ3n) is 3.38. The van der Waals surface area contributed by atoms with Crippen LogP contribution in [0.2, 0.25) is 0 Å². The van der Waals surface area contributed by atoms with Gasteiger partial charge in [-0.1, -0.05) is 18.2 Å². The summed E-state index contributed by atoms with van der Waals surface area (Å²) in [6.45, 7) is 4.81. The van der Waals surface area contributed by atoms with Crippen LogP contribution in [0.4, 0.5) is 5.69 Å². The van der Waals surface area contributed by atoms with Gasteiger partial charge in [-0.2, -0.15) is 0 Å². The number of carbonyl (C=O) groups is 1. The molecule has 0 unspecified atom stereocenters. The molecule has 1 amide bonds. The molecule has 0 atom stereocenters. The summed E-state index contributed by atoms with van der Waals surface area (Å²) in [6, 6.07) is 12.5. The number of aromatic hydroxyl groups is 1. The van der Waals surface area contributed by atoms with E-state index >= 15 is 0 Å². The largest absolute Gasteiger partial charge is 0.507 e. The molecule has 0 aliphatic carbocycles. The number of hydrogen-bond acceptors (Lipinski definition) is 3. The zero-order valence-electron chi connectivity index (χ0n) is 12.3. The maximum absolute atomic E-state index is 12.5. The first kappa shape index (κ1) is 14.9. The minimum absolute atomic E-state index is 0.0195. The van der Waals surface area contributed by atoms with Gasteiger partial charge in [0.2, 0.25) is 0 Å². The summed E-state index contributed by atoms with van der Waals surface area (Å²) < 4.78 is 0. The Balaban J connectivity index is 2.22. The van der Waals surface area contributed by atoms with Crippen molar-refractivity contribution >= 4 is 11.6 Å². The number of amides is 1. The molecule has 110 valence electrons. The van der Waals surface area contributed by atoms with Crippen molar-refractivity contribution in [3.63, 3.8) is 0 Å². The van der Waals surface area contributed by atoms with Gasteiger partial charge in [0.15, 0.2) is 0 Å². The van der Waals surface area contributed by atoms with Crippen molar-refractivity contribution in [1.82, 2.24) is 4.90 Å². The molecule has 21 heavy (non-hydrogen) atoms. The van der Waals surface area contributed by atoms with Gasteiger partial charge < -0.3 is 15.7 Å². The Hall–Kier alpha value is -2.49. The second-order valence-electron chi connectivity index (χ2n) is 5.08. The minimum Gasteiger partial charge on any atom is -0.507 e. The van der Waals surface area contributed by atoms with Crippen LogP contribution in [0.3, 0.4) is 0 Å². The molecule has 2 aromatic rings. The summed E-state index contributed by atoms with van der Waals surface area (Å²) in [5.74, 6) is -0.163. The van der Waals surface area contributed by atoms with Gasteiger partial charge in [0.1, 0.15) is 5.75 Å². The molecule has 0 aliphatic rings. The van der Waals surface area contributed by atoms with E-state index in [1.807, 2.05) is 44.2 Å². The van der Waals surface area contributed by atoms with Gasteiger partial charge in [-0.25, -0.2) is 0 Å². The Labute approximate surface area is 124 Å². The number of phenolic OH excluding ortho intramolecular Hbond substituents is 1. The molecule has 0 spiro atoms. The smallest absolute Gasteiger partial charge is 0.257 e. The lowest BCUT2D eigenvalue weighted by atomic mass is 10.1. The summed E-state index contributed by atoms with van der Waals surface area (Å²) in [4.78, 5) is 14.2. The first-order chi connectivity index (χ1) is 10.0. The van der Waals surface area contributed by atoms with Crippen LogP contribution in [-0.2, 0) is 6.54 Å². The molecular formula is C17H20N2O2. The van der Waals surface area contributed by atoms with Crippen molar-refractivity contribution in [2.75, 3.05) is 12.3 Å². The lowest BCUT2D eigenvalue weighted by Gasteiger charge is -2.22. The molecule has 4 heteroatoms. The number of nitrogens with zero attached hydrogens (tertiary/aromatic N) is 1. The first-order valence-corrected chi connectivity index (χ1v) is 6.94. The molecule has 3 N–H and O–H groups in total. The summed E-state index contributed by atoms with van der Waals surface area (Å²) in [5.41, 5.74) is 8.65. The number of phenols is 1. The normalized spacial score (nSPS) is 10.4. The molecule has 2 aromatic carbocycles. The van der Waals surface area contributed by atoms with Crippen LogP contribution < -0.4 is 5.73 Å². The number of nitrogens with two attached hydrogens (primary N) is 1. The van der Waals surface area contributed by atoms with E-state index in [0.29, 0.717) is 24.3 Å². The standard InChI is InChI=1S/C17H20N2O2/c1-3-19(11-13-5-4-6-14(18)10-13)17(21)15-8-7-12(2)9-16(15)20/h4-10,20H,3,11,18H2,1-2H3. The minimum atomic E-state index is -0.183.